The highest BCUT2D eigenvalue weighted by molar-refractivity contribution is 7.13. The Kier molecular flexibility index (Phi) is 5.27. The first-order valence-electron chi connectivity index (χ1n) is 7.60. The van der Waals surface area contributed by atoms with Gasteiger partial charge in [-0.3, -0.25) is 19.7 Å². The molecule has 0 aliphatic rings. The normalized spacial score (nSPS) is 10.4. The van der Waals surface area contributed by atoms with Crippen molar-refractivity contribution in [2.24, 2.45) is 0 Å². The zero-order chi connectivity index (χ0) is 19.4. The van der Waals surface area contributed by atoms with E-state index in [1.54, 1.807) is 12.1 Å². The van der Waals surface area contributed by atoms with Gasteiger partial charge in [-0.05, 0) is 35.7 Å². The number of nitrogens with one attached hydrogen (secondary N) is 2. The summed E-state index contributed by atoms with van der Waals surface area (Å²) in [4.78, 5) is 34.5. The molecular weight excluding hydrogens is 377 g/mol. The van der Waals surface area contributed by atoms with Gasteiger partial charge in [0, 0.05) is 11.8 Å². The minimum atomic E-state index is -1.04. The maximum Gasteiger partial charge on any atom is 0.313 e. The number of furan rings is 1. The van der Waals surface area contributed by atoms with Gasteiger partial charge in [-0.2, -0.15) is 4.39 Å². The molecule has 2 amide bonds. The summed E-state index contributed by atoms with van der Waals surface area (Å²) in [5, 5.41) is 17.2. The van der Waals surface area contributed by atoms with Crippen molar-refractivity contribution in [3.63, 3.8) is 0 Å². The maximum absolute atomic E-state index is 13.3. The molecule has 1 aromatic carbocycles. The maximum atomic E-state index is 13.3. The minimum Gasteiger partial charge on any atom is -0.458 e. The largest absolute Gasteiger partial charge is 0.458 e. The molecule has 27 heavy (non-hydrogen) atoms. The number of rotatable bonds is 5. The fourth-order valence-electron chi connectivity index (χ4n) is 2.19. The van der Waals surface area contributed by atoms with Crippen LogP contribution in [0.2, 0.25) is 0 Å². The molecule has 0 aliphatic carbocycles. The third-order valence-electron chi connectivity index (χ3n) is 3.46. The van der Waals surface area contributed by atoms with Crippen molar-refractivity contribution < 1.29 is 23.3 Å². The van der Waals surface area contributed by atoms with Crippen LogP contribution in [0.15, 0.2) is 52.3 Å². The highest BCUT2D eigenvalue weighted by Crippen LogP contribution is 2.26. The van der Waals surface area contributed by atoms with E-state index in [2.05, 4.69) is 10.6 Å². The molecule has 0 atom stereocenters. The number of amides is 2. The Bertz CT molecular complexity index is 1000. The lowest BCUT2D eigenvalue weighted by atomic mass is 10.2. The summed E-state index contributed by atoms with van der Waals surface area (Å²) in [7, 11) is 0. The molecule has 0 bridgehead atoms. The first-order chi connectivity index (χ1) is 12.9. The molecule has 3 aromatic rings. The van der Waals surface area contributed by atoms with Crippen molar-refractivity contribution >= 4 is 34.5 Å². The highest BCUT2D eigenvalue weighted by atomic mass is 32.1. The van der Waals surface area contributed by atoms with Crippen LogP contribution in [-0.4, -0.2) is 16.7 Å². The molecule has 2 aromatic heterocycles. The number of thiophene rings is 1. The third-order valence-corrected chi connectivity index (χ3v) is 4.34. The molecule has 138 valence electrons. The van der Waals surface area contributed by atoms with Crippen LogP contribution in [0.4, 0.5) is 15.8 Å². The zero-order valence-corrected chi connectivity index (χ0v) is 14.4. The van der Waals surface area contributed by atoms with Gasteiger partial charge in [0.25, 0.3) is 0 Å². The minimum absolute atomic E-state index is 0.0127. The van der Waals surface area contributed by atoms with Gasteiger partial charge in [-0.25, -0.2) is 0 Å². The number of benzene rings is 1. The molecular formula is C17H12FN3O5S. The summed E-state index contributed by atoms with van der Waals surface area (Å²) < 4.78 is 18.9. The van der Waals surface area contributed by atoms with E-state index < -0.39 is 28.2 Å². The van der Waals surface area contributed by atoms with E-state index in [1.807, 2.05) is 17.5 Å². The lowest BCUT2D eigenvalue weighted by Gasteiger charge is -2.06. The standard InChI is InChI=1S/C17H12FN3O5S/c18-12-5-3-10(8-13(12)21(24)25)20-17(23)16(22)19-9-11-4-6-14(26-11)15-2-1-7-27-15/h1-8H,9H2,(H,19,22)(H,20,23). The number of hydrogen-bond acceptors (Lipinski definition) is 6. The van der Waals surface area contributed by atoms with Crippen LogP contribution >= 0.6 is 11.3 Å². The van der Waals surface area contributed by atoms with Crippen LogP contribution in [0.1, 0.15) is 5.76 Å². The molecule has 8 nitrogen and oxygen atoms in total. The first-order valence-corrected chi connectivity index (χ1v) is 8.47. The van der Waals surface area contributed by atoms with E-state index in [9.17, 15) is 24.1 Å². The van der Waals surface area contributed by atoms with Crippen LogP contribution in [0, 0.1) is 15.9 Å². The Balaban J connectivity index is 1.58. The fourth-order valence-corrected chi connectivity index (χ4v) is 2.88. The van der Waals surface area contributed by atoms with Gasteiger partial charge in [0.15, 0.2) is 0 Å². The highest BCUT2D eigenvalue weighted by Gasteiger charge is 2.18. The van der Waals surface area contributed by atoms with Crippen LogP contribution in [0.25, 0.3) is 10.6 Å². The number of hydrogen-bond donors (Lipinski definition) is 2. The van der Waals surface area contributed by atoms with Gasteiger partial charge in [0.1, 0.15) is 11.5 Å². The van der Waals surface area contributed by atoms with E-state index in [-0.39, 0.29) is 12.2 Å². The van der Waals surface area contributed by atoms with Gasteiger partial charge < -0.3 is 15.1 Å². The number of halogens is 1. The Labute approximate surface area is 155 Å². The van der Waals surface area contributed by atoms with Gasteiger partial charge in [-0.1, -0.05) is 6.07 Å². The average Bonchev–Trinajstić information content (AvgIpc) is 3.32. The van der Waals surface area contributed by atoms with Crippen LogP contribution < -0.4 is 10.6 Å². The van der Waals surface area contributed by atoms with Crippen molar-refractivity contribution in [2.75, 3.05) is 5.32 Å². The number of nitro benzene ring substituents is 1. The molecule has 0 saturated heterocycles. The first kappa shape index (κ1) is 18.3. The summed E-state index contributed by atoms with van der Waals surface area (Å²) in [6, 6.07) is 9.99. The average molecular weight is 389 g/mol. The van der Waals surface area contributed by atoms with Crippen molar-refractivity contribution in [1.82, 2.24) is 5.32 Å². The third kappa shape index (κ3) is 4.36. The van der Waals surface area contributed by atoms with Crippen molar-refractivity contribution in [1.29, 1.82) is 0 Å². The number of nitrogens with zero attached hydrogens (tertiary/aromatic N) is 1. The lowest BCUT2D eigenvalue weighted by Crippen LogP contribution is -2.34. The lowest BCUT2D eigenvalue weighted by molar-refractivity contribution is -0.387. The Hall–Kier alpha value is -3.53. The second-order valence-corrected chi connectivity index (χ2v) is 6.25. The van der Waals surface area contributed by atoms with Gasteiger partial charge in [0.2, 0.25) is 5.82 Å². The van der Waals surface area contributed by atoms with E-state index in [4.69, 9.17) is 4.42 Å². The summed E-state index contributed by atoms with van der Waals surface area (Å²) in [5.74, 6) is -1.94. The Morgan fingerprint density at radius 2 is 2.00 bits per heavy atom. The number of nitro groups is 1. The summed E-state index contributed by atoms with van der Waals surface area (Å²) >= 11 is 1.50. The predicted octanol–water partition coefficient (Wildman–Crippen LogP) is 3.31. The van der Waals surface area contributed by atoms with Crippen LogP contribution in [0.5, 0.6) is 0 Å². The Morgan fingerprint density at radius 3 is 2.70 bits per heavy atom. The van der Waals surface area contributed by atoms with Gasteiger partial charge >= 0.3 is 17.5 Å². The van der Waals surface area contributed by atoms with Crippen molar-refractivity contribution in [2.45, 2.75) is 6.54 Å². The number of carbonyl (C=O) groups excluding carboxylic acids is 2. The van der Waals surface area contributed by atoms with Gasteiger partial charge in [0.05, 0.1) is 16.3 Å². The van der Waals surface area contributed by atoms with E-state index >= 15 is 0 Å². The Morgan fingerprint density at radius 1 is 1.19 bits per heavy atom. The fraction of sp³-hybridized carbons (Fsp3) is 0.0588. The number of anilines is 1. The van der Waals surface area contributed by atoms with E-state index in [0.29, 0.717) is 11.5 Å². The van der Waals surface area contributed by atoms with Gasteiger partial charge in [-0.15, -0.1) is 11.3 Å². The molecule has 0 spiro atoms. The quantitative estimate of drug-likeness (QED) is 0.395. The summed E-state index contributed by atoms with van der Waals surface area (Å²) in [6.45, 7) is -0.0127. The summed E-state index contributed by atoms with van der Waals surface area (Å²) in [6.07, 6.45) is 0. The molecule has 3 rings (SSSR count). The predicted molar refractivity (Wildman–Crippen MR) is 95.6 cm³/mol. The van der Waals surface area contributed by atoms with E-state index in [1.165, 1.54) is 11.3 Å². The monoisotopic (exact) mass is 389 g/mol. The summed E-state index contributed by atoms with van der Waals surface area (Å²) in [5.41, 5.74) is -0.869. The molecule has 0 unspecified atom stereocenters. The van der Waals surface area contributed by atoms with E-state index in [0.717, 1.165) is 23.1 Å². The SMILES string of the molecule is O=C(NCc1ccc(-c2cccs2)o1)C(=O)Nc1ccc(F)c([N+](=O)[O-])c1. The number of carbonyl (C=O) groups is 2. The van der Waals surface area contributed by atoms with Crippen molar-refractivity contribution in [3.8, 4) is 10.6 Å². The smallest absolute Gasteiger partial charge is 0.313 e. The van der Waals surface area contributed by atoms with Crippen LogP contribution in [-0.2, 0) is 16.1 Å². The second kappa shape index (κ2) is 7.79. The molecule has 2 heterocycles. The van der Waals surface area contributed by atoms with Crippen LogP contribution in [0.3, 0.4) is 0 Å². The van der Waals surface area contributed by atoms with Crippen molar-refractivity contribution in [3.05, 3.63) is 69.5 Å². The molecule has 0 radical (unpaired) electrons. The molecule has 10 heteroatoms. The molecule has 2 N–H and O–H groups in total. The molecule has 0 saturated carbocycles. The second-order valence-electron chi connectivity index (χ2n) is 5.30. The topological polar surface area (TPSA) is 114 Å². The molecule has 0 aliphatic heterocycles. The zero-order valence-electron chi connectivity index (χ0n) is 13.6. The molecule has 0 fully saturated rings.